The molecule has 2 aromatic carbocycles. The van der Waals surface area contributed by atoms with Crippen LogP contribution in [0.3, 0.4) is 0 Å². The Morgan fingerprint density at radius 2 is 1.83 bits per heavy atom. The number of methoxy groups -OCH3 is 3. The van der Waals surface area contributed by atoms with Crippen LogP contribution >= 0.6 is 0 Å². The average Bonchev–Trinajstić information content (AvgIpc) is 3.08. The summed E-state index contributed by atoms with van der Waals surface area (Å²) in [6, 6.07) is 11.6. The van der Waals surface area contributed by atoms with E-state index in [2.05, 4.69) is 10.2 Å². The second-order valence-corrected chi connectivity index (χ2v) is 8.03. The third kappa shape index (κ3) is 3.48. The largest absolute Gasteiger partial charge is 0.493 e. The van der Waals surface area contributed by atoms with E-state index in [1.807, 2.05) is 36.4 Å². The first-order valence-corrected chi connectivity index (χ1v) is 10.1. The van der Waals surface area contributed by atoms with Crippen molar-refractivity contribution in [3.63, 3.8) is 0 Å². The number of likely N-dealkylation sites (tertiary alicyclic amines) is 1. The zero-order valence-electron chi connectivity index (χ0n) is 17.6. The molecular weight excluding hydrogens is 384 g/mol. The first-order valence-electron chi connectivity index (χ1n) is 10.1. The number of hydrogen-bond donors (Lipinski definition) is 2. The molecule has 0 unspecified atom stereocenters. The molecule has 0 saturated carbocycles. The van der Waals surface area contributed by atoms with Crippen LogP contribution in [0.2, 0.25) is 0 Å². The quantitative estimate of drug-likeness (QED) is 0.754. The van der Waals surface area contributed by atoms with Crippen LogP contribution < -0.4 is 19.5 Å². The van der Waals surface area contributed by atoms with Crippen molar-refractivity contribution in [2.75, 3.05) is 41.0 Å². The second kappa shape index (κ2) is 8.16. The Morgan fingerprint density at radius 3 is 2.47 bits per heavy atom. The monoisotopic (exact) mass is 412 g/mol. The fourth-order valence-corrected chi connectivity index (χ4v) is 4.83. The molecule has 2 N–H and O–H groups in total. The van der Waals surface area contributed by atoms with Crippen molar-refractivity contribution in [1.82, 2.24) is 10.2 Å². The molecule has 2 atom stereocenters. The molecule has 1 fully saturated rings. The van der Waals surface area contributed by atoms with Crippen LogP contribution in [0.4, 0.5) is 0 Å². The van der Waals surface area contributed by atoms with Gasteiger partial charge in [0.2, 0.25) is 5.75 Å². The van der Waals surface area contributed by atoms with Crippen molar-refractivity contribution in [3.8, 4) is 17.2 Å². The van der Waals surface area contributed by atoms with Gasteiger partial charge in [0.15, 0.2) is 11.5 Å². The smallest absolute Gasteiger partial charge is 0.252 e. The number of carbonyl (C=O) groups excluding carboxylic acids is 1. The van der Waals surface area contributed by atoms with E-state index in [4.69, 9.17) is 14.2 Å². The van der Waals surface area contributed by atoms with E-state index in [1.165, 1.54) is 0 Å². The van der Waals surface area contributed by atoms with E-state index in [1.54, 1.807) is 21.3 Å². The lowest BCUT2D eigenvalue weighted by atomic mass is 9.78. The van der Waals surface area contributed by atoms with E-state index in [0.29, 0.717) is 43.3 Å². The minimum atomic E-state index is -0.471. The Labute approximate surface area is 176 Å². The Balaban J connectivity index is 1.59. The number of nitrogens with one attached hydrogen (secondary N) is 1. The Hall–Kier alpha value is -2.77. The second-order valence-electron chi connectivity index (χ2n) is 8.03. The maximum absolute atomic E-state index is 12.8. The highest BCUT2D eigenvalue weighted by atomic mass is 16.5. The van der Waals surface area contributed by atoms with E-state index in [9.17, 15) is 9.90 Å². The Kier molecular flexibility index (Phi) is 5.58. The molecule has 2 aliphatic heterocycles. The SMILES string of the molecule is COc1cc(CN2C[C@H](CO)[C@]3(Cc4ccccc4C(=O)N3)C2)cc(OC)c1OC. The fraction of sp³-hybridized carbons (Fsp3) is 0.435. The van der Waals surface area contributed by atoms with Crippen LogP contribution in [0, 0.1) is 5.92 Å². The maximum Gasteiger partial charge on any atom is 0.252 e. The van der Waals surface area contributed by atoms with Gasteiger partial charge in [0.1, 0.15) is 0 Å². The molecule has 1 amide bonds. The van der Waals surface area contributed by atoms with Crippen LogP contribution in [0.5, 0.6) is 17.2 Å². The van der Waals surface area contributed by atoms with Crippen molar-refractivity contribution in [2.24, 2.45) is 5.92 Å². The summed E-state index contributed by atoms with van der Waals surface area (Å²) < 4.78 is 16.3. The lowest BCUT2D eigenvalue weighted by Gasteiger charge is -2.39. The zero-order chi connectivity index (χ0) is 21.3. The van der Waals surface area contributed by atoms with Crippen molar-refractivity contribution in [2.45, 2.75) is 18.5 Å². The molecule has 1 spiro atoms. The van der Waals surface area contributed by atoms with Crippen LogP contribution in [-0.4, -0.2) is 62.5 Å². The van der Waals surface area contributed by atoms with Gasteiger partial charge in [-0.2, -0.15) is 0 Å². The van der Waals surface area contributed by atoms with Gasteiger partial charge in [0, 0.05) is 37.7 Å². The highest BCUT2D eigenvalue weighted by Crippen LogP contribution is 2.40. The summed E-state index contributed by atoms with van der Waals surface area (Å²) >= 11 is 0. The van der Waals surface area contributed by atoms with Gasteiger partial charge in [0.05, 0.1) is 26.9 Å². The first-order chi connectivity index (χ1) is 14.5. The normalized spacial score (nSPS) is 23.2. The van der Waals surface area contributed by atoms with Crippen LogP contribution in [0.25, 0.3) is 0 Å². The molecule has 0 aromatic heterocycles. The van der Waals surface area contributed by atoms with Crippen LogP contribution in [0.1, 0.15) is 21.5 Å². The van der Waals surface area contributed by atoms with E-state index >= 15 is 0 Å². The zero-order valence-corrected chi connectivity index (χ0v) is 17.6. The molecule has 0 radical (unpaired) electrons. The van der Waals surface area contributed by atoms with Gasteiger partial charge in [-0.05, 0) is 35.7 Å². The van der Waals surface area contributed by atoms with Crippen molar-refractivity contribution < 1.29 is 24.1 Å². The predicted octanol–water partition coefficient (Wildman–Crippen LogP) is 1.86. The number of aliphatic hydroxyl groups is 1. The minimum Gasteiger partial charge on any atom is -0.493 e. The molecule has 0 bridgehead atoms. The van der Waals surface area contributed by atoms with Crippen LogP contribution in [-0.2, 0) is 13.0 Å². The number of hydrogen-bond acceptors (Lipinski definition) is 6. The van der Waals surface area contributed by atoms with E-state index < -0.39 is 5.54 Å². The maximum atomic E-state index is 12.8. The summed E-state index contributed by atoms with van der Waals surface area (Å²) in [5.74, 6) is 1.67. The highest BCUT2D eigenvalue weighted by Gasteiger charge is 2.49. The number of nitrogens with zero attached hydrogens (tertiary/aromatic N) is 1. The summed E-state index contributed by atoms with van der Waals surface area (Å²) in [6.07, 6.45) is 0.714. The summed E-state index contributed by atoms with van der Waals surface area (Å²) in [5, 5.41) is 13.3. The summed E-state index contributed by atoms with van der Waals surface area (Å²) in [6.45, 7) is 2.02. The number of aliphatic hydroxyl groups excluding tert-OH is 1. The third-order valence-electron chi connectivity index (χ3n) is 6.25. The van der Waals surface area contributed by atoms with E-state index in [0.717, 1.165) is 16.7 Å². The van der Waals surface area contributed by atoms with Gasteiger partial charge in [-0.15, -0.1) is 0 Å². The number of amides is 1. The third-order valence-corrected chi connectivity index (χ3v) is 6.25. The summed E-state index contributed by atoms with van der Waals surface area (Å²) in [4.78, 5) is 15.0. The van der Waals surface area contributed by atoms with Gasteiger partial charge in [-0.25, -0.2) is 0 Å². The van der Waals surface area contributed by atoms with Crippen molar-refractivity contribution in [3.05, 3.63) is 53.1 Å². The number of fused-ring (bicyclic) bond motifs is 1. The number of benzene rings is 2. The van der Waals surface area contributed by atoms with Gasteiger partial charge < -0.3 is 24.6 Å². The van der Waals surface area contributed by atoms with Crippen molar-refractivity contribution >= 4 is 5.91 Å². The van der Waals surface area contributed by atoms with Gasteiger partial charge in [-0.3, -0.25) is 9.69 Å². The standard InChI is InChI=1S/C23H28N2O5/c1-28-19-8-15(9-20(29-2)21(19)30-3)11-25-12-17(13-26)23(14-25)10-16-6-4-5-7-18(16)22(27)24-23/h4-9,17,26H,10-14H2,1-3H3,(H,24,27)/t17-,23+/m1/s1. The molecule has 2 aromatic rings. The molecule has 2 aliphatic rings. The molecule has 160 valence electrons. The summed E-state index contributed by atoms with van der Waals surface area (Å²) in [5.41, 5.74) is 2.30. The Morgan fingerprint density at radius 1 is 1.13 bits per heavy atom. The lowest BCUT2D eigenvalue weighted by molar-refractivity contribution is 0.0817. The van der Waals surface area contributed by atoms with Gasteiger partial charge >= 0.3 is 0 Å². The predicted molar refractivity (Wildman–Crippen MR) is 112 cm³/mol. The first kappa shape index (κ1) is 20.5. The lowest BCUT2D eigenvalue weighted by Crippen LogP contribution is -2.59. The van der Waals surface area contributed by atoms with Crippen molar-refractivity contribution in [1.29, 1.82) is 0 Å². The fourth-order valence-electron chi connectivity index (χ4n) is 4.83. The Bertz CT molecular complexity index is 922. The number of rotatable bonds is 6. The molecule has 30 heavy (non-hydrogen) atoms. The molecule has 7 nitrogen and oxygen atoms in total. The molecule has 7 heteroatoms. The number of carbonyl (C=O) groups is 1. The topological polar surface area (TPSA) is 80.3 Å². The van der Waals surface area contributed by atoms with E-state index in [-0.39, 0.29) is 18.4 Å². The van der Waals surface area contributed by atoms with Gasteiger partial charge in [-0.1, -0.05) is 18.2 Å². The van der Waals surface area contributed by atoms with Crippen LogP contribution in [0.15, 0.2) is 36.4 Å². The molecular formula is C23H28N2O5. The molecule has 0 aliphatic carbocycles. The molecule has 1 saturated heterocycles. The number of ether oxygens (including phenoxy) is 3. The summed E-state index contributed by atoms with van der Waals surface area (Å²) in [7, 11) is 4.78. The highest BCUT2D eigenvalue weighted by molar-refractivity contribution is 5.97. The minimum absolute atomic E-state index is 0.0220. The molecule has 4 rings (SSSR count). The van der Waals surface area contributed by atoms with Gasteiger partial charge in [0.25, 0.3) is 5.91 Å². The average molecular weight is 412 g/mol. The molecule has 2 heterocycles.